The van der Waals surface area contributed by atoms with Crippen LogP contribution in [-0.4, -0.2) is 45.3 Å². The molecule has 1 unspecified atom stereocenters. The third-order valence-electron chi connectivity index (χ3n) is 4.84. The molecule has 2 heterocycles. The Morgan fingerprint density at radius 1 is 1.16 bits per heavy atom. The van der Waals surface area contributed by atoms with Gasteiger partial charge in [0.25, 0.3) is 0 Å². The number of aliphatic hydroxyl groups is 1. The molecule has 4 aromatic rings. The van der Waals surface area contributed by atoms with E-state index in [-0.39, 0.29) is 27.7 Å². The molecule has 0 bridgehead atoms. The number of hydrogen-bond donors (Lipinski definition) is 3. The maximum atomic E-state index is 12.0. The third kappa shape index (κ3) is 4.18. The zero-order valence-electron chi connectivity index (χ0n) is 16.9. The van der Waals surface area contributed by atoms with Crippen molar-refractivity contribution in [2.45, 2.75) is 17.9 Å². The highest BCUT2D eigenvalue weighted by atomic mass is 32.2. The maximum Gasteiger partial charge on any atom is 0.337 e. The molecule has 10 heteroatoms. The number of carboxylic acid groups (broad SMARTS) is 1. The molecule has 0 spiro atoms. The van der Waals surface area contributed by atoms with Gasteiger partial charge < -0.3 is 19.9 Å². The number of fused-ring (bicyclic) bond motifs is 1. The fraction of sp³-hybridized carbons (Fsp3) is 0.136. The number of sulfone groups is 1. The van der Waals surface area contributed by atoms with Crippen LogP contribution in [0, 0.1) is 0 Å². The van der Waals surface area contributed by atoms with Crippen LogP contribution in [0.5, 0.6) is 11.5 Å². The van der Waals surface area contributed by atoms with E-state index in [4.69, 9.17) is 4.74 Å². The Bertz CT molecular complexity index is 1380. The normalized spacial score (nSPS) is 12.6. The van der Waals surface area contributed by atoms with Crippen molar-refractivity contribution < 1.29 is 28.2 Å². The molecule has 9 nitrogen and oxygen atoms in total. The molecule has 3 N–H and O–H groups in total. The summed E-state index contributed by atoms with van der Waals surface area (Å²) in [7, 11) is -3.37. The van der Waals surface area contributed by atoms with E-state index in [0.29, 0.717) is 22.6 Å². The van der Waals surface area contributed by atoms with Crippen LogP contribution >= 0.6 is 0 Å². The largest absolute Gasteiger partial charge is 0.479 e. The van der Waals surface area contributed by atoms with Crippen molar-refractivity contribution in [1.82, 2.24) is 15.0 Å². The summed E-state index contributed by atoms with van der Waals surface area (Å²) in [4.78, 5) is 23.4. The quantitative estimate of drug-likeness (QED) is 0.387. The summed E-state index contributed by atoms with van der Waals surface area (Å²) >= 11 is 0. The molecule has 1 atom stereocenters. The van der Waals surface area contributed by atoms with E-state index in [2.05, 4.69) is 15.0 Å². The second-order valence-electron chi connectivity index (χ2n) is 6.93. The van der Waals surface area contributed by atoms with Gasteiger partial charge in [0.15, 0.2) is 21.8 Å². The Kier molecular flexibility index (Phi) is 5.64. The molecule has 0 saturated heterocycles. The van der Waals surface area contributed by atoms with E-state index in [1.807, 2.05) is 6.07 Å². The first-order chi connectivity index (χ1) is 15.3. The minimum absolute atomic E-state index is 0.0199. The van der Waals surface area contributed by atoms with Gasteiger partial charge in [-0.1, -0.05) is 13.0 Å². The summed E-state index contributed by atoms with van der Waals surface area (Å²) in [5.74, 6) is -0.640. The Labute approximate surface area is 183 Å². The van der Waals surface area contributed by atoms with E-state index in [9.17, 15) is 23.4 Å². The van der Waals surface area contributed by atoms with E-state index in [1.165, 1.54) is 36.4 Å². The molecule has 0 aliphatic rings. The van der Waals surface area contributed by atoms with Crippen LogP contribution in [0.15, 0.2) is 65.7 Å². The standard InChI is InChI=1S/C22H19N3O6S/c1-2-32(29,30)14-8-6-13(7-9-14)31-19-12-18-17(11-15(19)20(26)22(27)28)24-21(25-18)16-5-3-4-10-23-16/h3-12,20,26H,2H2,1H3,(H,24,25)(H,27,28). The number of aromatic amines is 1. The molecule has 2 aromatic carbocycles. The second kappa shape index (κ2) is 8.40. The first-order valence-electron chi connectivity index (χ1n) is 9.65. The number of hydrogen-bond acceptors (Lipinski definition) is 7. The van der Waals surface area contributed by atoms with Gasteiger partial charge in [0.1, 0.15) is 17.2 Å². The molecule has 0 aliphatic carbocycles. The number of H-pyrrole nitrogens is 1. The first-order valence-corrected chi connectivity index (χ1v) is 11.3. The number of aliphatic carboxylic acids is 1. The van der Waals surface area contributed by atoms with Gasteiger partial charge in [-0.05, 0) is 42.5 Å². The molecule has 0 radical (unpaired) electrons. The summed E-state index contributed by atoms with van der Waals surface area (Å²) in [5, 5.41) is 19.5. The minimum Gasteiger partial charge on any atom is -0.479 e. The van der Waals surface area contributed by atoms with Crippen molar-refractivity contribution in [1.29, 1.82) is 0 Å². The predicted octanol–water partition coefficient (Wildman–Crippen LogP) is 3.33. The van der Waals surface area contributed by atoms with Crippen molar-refractivity contribution in [2.75, 3.05) is 5.75 Å². The van der Waals surface area contributed by atoms with Crippen molar-refractivity contribution in [3.05, 3.63) is 66.4 Å². The van der Waals surface area contributed by atoms with E-state index < -0.39 is 21.9 Å². The number of nitrogens with zero attached hydrogens (tertiary/aromatic N) is 2. The maximum absolute atomic E-state index is 12.0. The lowest BCUT2D eigenvalue weighted by Crippen LogP contribution is -2.11. The minimum atomic E-state index is -3.37. The third-order valence-corrected chi connectivity index (χ3v) is 6.59. The molecule has 2 aromatic heterocycles. The summed E-state index contributed by atoms with van der Waals surface area (Å²) in [6.07, 6.45) is -0.213. The van der Waals surface area contributed by atoms with Crippen LogP contribution in [0.3, 0.4) is 0 Å². The monoisotopic (exact) mass is 453 g/mol. The Morgan fingerprint density at radius 2 is 1.91 bits per heavy atom. The zero-order valence-corrected chi connectivity index (χ0v) is 17.7. The average molecular weight is 453 g/mol. The number of pyridine rings is 1. The lowest BCUT2D eigenvalue weighted by Gasteiger charge is -2.14. The molecular weight excluding hydrogens is 434 g/mol. The van der Waals surface area contributed by atoms with Gasteiger partial charge in [-0.25, -0.2) is 18.2 Å². The van der Waals surface area contributed by atoms with Crippen molar-refractivity contribution in [3.63, 3.8) is 0 Å². The van der Waals surface area contributed by atoms with Crippen LogP contribution in [0.1, 0.15) is 18.6 Å². The lowest BCUT2D eigenvalue weighted by molar-refractivity contribution is -0.147. The van der Waals surface area contributed by atoms with E-state index in [0.717, 1.165) is 0 Å². The number of imidazole rings is 1. The number of benzene rings is 2. The van der Waals surface area contributed by atoms with E-state index >= 15 is 0 Å². The molecule has 4 rings (SSSR count). The van der Waals surface area contributed by atoms with Gasteiger partial charge >= 0.3 is 5.97 Å². The highest BCUT2D eigenvalue weighted by Crippen LogP contribution is 2.34. The molecular formula is C22H19N3O6S. The molecule has 164 valence electrons. The fourth-order valence-electron chi connectivity index (χ4n) is 3.12. The SMILES string of the molecule is CCS(=O)(=O)c1ccc(Oc2cc3nc(-c4ccccn4)[nH]c3cc2C(O)C(=O)O)cc1. The lowest BCUT2D eigenvalue weighted by atomic mass is 10.1. The van der Waals surface area contributed by atoms with Gasteiger partial charge in [0, 0.05) is 17.8 Å². The van der Waals surface area contributed by atoms with Crippen molar-refractivity contribution >= 4 is 26.8 Å². The molecule has 0 fully saturated rings. The Morgan fingerprint density at radius 3 is 2.53 bits per heavy atom. The molecule has 0 aliphatic heterocycles. The Hall–Kier alpha value is -3.76. The van der Waals surface area contributed by atoms with Crippen LogP contribution in [-0.2, 0) is 14.6 Å². The van der Waals surface area contributed by atoms with Crippen LogP contribution in [0.25, 0.3) is 22.6 Å². The number of rotatable bonds is 7. The summed E-state index contributed by atoms with van der Waals surface area (Å²) in [6.45, 7) is 1.55. The fourth-order valence-corrected chi connectivity index (χ4v) is 4.01. The Balaban J connectivity index is 1.76. The van der Waals surface area contributed by atoms with Crippen molar-refractivity contribution in [3.8, 4) is 23.0 Å². The summed E-state index contributed by atoms with van der Waals surface area (Å²) in [5.41, 5.74) is 1.59. The number of ether oxygens (including phenoxy) is 1. The van der Waals surface area contributed by atoms with Gasteiger partial charge in [-0.15, -0.1) is 0 Å². The highest BCUT2D eigenvalue weighted by Gasteiger charge is 2.23. The second-order valence-corrected chi connectivity index (χ2v) is 9.20. The van der Waals surface area contributed by atoms with E-state index in [1.54, 1.807) is 25.3 Å². The molecule has 32 heavy (non-hydrogen) atoms. The van der Waals surface area contributed by atoms with Crippen molar-refractivity contribution in [2.24, 2.45) is 0 Å². The number of aromatic nitrogens is 3. The average Bonchev–Trinajstić information content (AvgIpc) is 3.22. The number of aliphatic hydroxyl groups excluding tert-OH is 1. The van der Waals surface area contributed by atoms with Gasteiger partial charge in [-0.3, -0.25) is 4.98 Å². The number of nitrogens with one attached hydrogen (secondary N) is 1. The van der Waals surface area contributed by atoms with Gasteiger partial charge in [0.05, 0.1) is 21.7 Å². The van der Waals surface area contributed by atoms with Crippen LogP contribution in [0.2, 0.25) is 0 Å². The smallest absolute Gasteiger partial charge is 0.337 e. The van der Waals surface area contributed by atoms with Crippen LogP contribution in [0.4, 0.5) is 0 Å². The number of carbonyl (C=O) groups is 1. The predicted molar refractivity (Wildman–Crippen MR) is 116 cm³/mol. The van der Waals surface area contributed by atoms with Gasteiger partial charge in [0.2, 0.25) is 0 Å². The zero-order chi connectivity index (χ0) is 22.9. The number of carboxylic acids is 1. The summed E-state index contributed by atoms with van der Waals surface area (Å²) < 4.78 is 29.8. The van der Waals surface area contributed by atoms with Crippen LogP contribution < -0.4 is 4.74 Å². The molecule has 0 saturated carbocycles. The first kappa shape index (κ1) is 21.5. The topological polar surface area (TPSA) is 142 Å². The highest BCUT2D eigenvalue weighted by molar-refractivity contribution is 7.91. The summed E-state index contributed by atoms with van der Waals surface area (Å²) in [6, 6.07) is 14.1. The molecule has 0 amide bonds. The van der Waals surface area contributed by atoms with Gasteiger partial charge in [-0.2, -0.15) is 0 Å².